The lowest BCUT2D eigenvalue weighted by Crippen LogP contribution is -2.28. The minimum absolute atomic E-state index is 0.521. The number of aromatic nitrogens is 2. The highest BCUT2D eigenvalue weighted by molar-refractivity contribution is 7.25. The molecular weight excluding hydrogens is 1010 g/mol. The van der Waals surface area contributed by atoms with Crippen molar-refractivity contribution in [1.29, 1.82) is 0 Å². The van der Waals surface area contributed by atoms with Gasteiger partial charge in [-0.1, -0.05) is 195 Å². The van der Waals surface area contributed by atoms with Crippen LogP contribution in [-0.2, 0) is 5.41 Å². The van der Waals surface area contributed by atoms with Crippen LogP contribution in [0.15, 0.2) is 267 Å². The van der Waals surface area contributed by atoms with Crippen LogP contribution in [0.5, 0.6) is 0 Å². The van der Waals surface area contributed by atoms with E-state index < -0.39 is 5.41 Å². The van der Waals surface area contributed by atoms with Gasteiger partial charge in [0.1, 0.15) is 0 Å². The minimum atomic E-state index is -0.553. The molecule has 3 aliphatic rings. The first-order valence-electron chi connectivity index (χ1n) is 28.7. The van der Waals surface area contributed by atoms with Crippen LogP contribution in [-0.4, -0.2) is 9.13 Å². The molecule has 1 unspecified atom stereocenters. The number of rotatable bonds is 6. The standard InChI is InChI=1S/C78H51N3S/c1-48-17-15-18-51-43-53(35-39-56(48)51)81-71-31-14-9-24-60(71)62-38-33-50(45-73(62)81)49-34-42-75-66(44-49)64-41-37-55(47-76(64)82-75)79(54-36-40-63-61-25-8-13-30-70(61)80(74(63)46-54)52-19-3-2-4-20-52)72-32-16-26-65-59-23-7-12-29-69(59)78(77(65)72)67-27-10-5-21-57(67)58-22-6-11-28-68(58)78/h2-16,18-48H,17H2,1H3. The number of hydrogen-bond donors (Lipinski definition) is 0. The Balaban J connectivity index is 0.844. The summed E-state index contributed by atoms with van der Waals surface area (Å²) in [6.45, 7) is 2.34. The molecule has 82 heavy (non-hydrogen) atoms. The largest absolute Gasteiger partial charge is 0.310 e. The first kappa shape index (κ1) is 45.8. The van der Waals surface area contributed by atoms with Gasteiger partial charge in [0.05, 0.1) is 33.2 Å². The highest BCUT2D eigenvalue weighted by Crippen LogP contribution is 2.65. The maximum absolute atomic E-state index is 2.57. The zero-order valence-corrected chi connectivity index (χ0v) is 45.8. The minimum Gasteiger partial charge on any atom is -0.310 e. The SMILES string of the molecule is CC1CC=Cc2cc(-n3c4ccccc4c4ccc(-c5ccc6sc7cc(N(c8ccc9c%10ccccc%10n(-c%10ccccc%10)c9c8)c8cccc9c8C8(c%10ccccc%10-c%10ccccc%108)c8ccccc8-9)ccc7c6c5)cc43)ccc21. The number of para-hydroxylation sites is 3. The van der Waals surface area contributed by atoms with Crippen LogP contribution in [0.2, 0.25) is 0 Å². The molecule has 1 atom stereocenters. The second kappa shape index (κ2) is 17.3. The number of benzene rings is 12. The zero-order valence-electron chi connectivity index (χ0n) is 45.0. The molecule has 3 aromatic heterocycles. The van der Waals surface area contributed by atoms with E-state index in [0.717, 1.165) is 23.5 Å². The molecule has 0 saturated heterocycles. The number of thiophene rings is 1. The molecule has 0 aliphatic heterocycles. The molecule has 0 amide bonds. The van der Waals surface area contributed by atoms with E-state index in [2.05, 4.69) is 294 Å². The lowest BCUT2D eigenvalue weighted by Gasteiger charge is -2.36. The fraction of sp³-hybridized carbons (Fsp3) is 0.0513. The van der Waals surface area contributed by atoms with E-state index in [1.807, 2.05) is 11.3 Å². The average Bonchev–Trinajstić information content (AvgIpc) is 1.68. The Labute approximate surface area is 479 Å². The van der Waals surface area contributed by atoms with Gasteiger partial charge in [0, 0.05) is 70.0 Å². The molecule has 384 valence electrons. The average molecular weight is 1060 g/mol. The van der Waals surface area contributed by atoms with Crippen molar-refractivity contribution in [1.82, 2.24) is 9.13 Å². The Kier molecular flexibility index (Phi) is 9.64. The highest BCUT2D eigenvalue weighted by atomic mass is 32.1. The lowest BCUT2D eigenvalue weighted by atomic mass is 9.70. The summed E-state index contributed by atoms with van der Waals surface area (Å²) >= 11 is 1.88. The van der Waals surface area contributed by atoms with Crippen molar-refractivity contribution in [3.63, 3.8) is 0 Å². The Bertz CT molecular complexity index is 5180. The first-order chi connectivity index (χ1) is 40.6. The number of hydrogen-bond acceptors (Lipinski definition) is 2. The van der Waals surface area contributed by atoms with Crippen molar-refractivity contribution in [2.75, 3.05) is 4.90 Å². The van der Waals surface area contributed by atoms with Gasteiger partial charge < -0.3 is 14.0 Å². The Morgan fingerprint density at radius 3 is 1.70 bits per heavy atom. The number of anilines is 3. The van der Waals surface area contributed by atoms with E-state index in [0.29, 0.717) is 5.92 Å². The van der Waals surface area contributed by atoms with Crippen molar-refractivity contribution < 1.29 is 0 Å². The summed E-state index contributed by atoms with van der Waals surface area (Å²) in [6, 6.07) is 98.6. The molecule has 0 radical (unpaired) electrons. The van der Waals surface area contributed by atoms with Gasteiger partial charge in [-0.2, -0.15) is 0 Å². The molecule has 12 aromatic carbocycles. The third-order valence-electron chi connectivity index (χ3n) is 18.5. The number of nitrogens with zero attached hydrogens (tertiary/aromatic N) is 3. The highest BCUT2D eigenvalue weighted by Gasteiger charge is 2.53. The summed E-state index contributed by atoms with van der Waals surface area (Å²) in [5.74, 6) is 0.521. The first-order valence-corrected chi connectivity index (χ1v) is 29.5. The maximum Gasteiger partial charge on any atom is 0.0746 e. The van der Waals surface area contributed by atoms with Crippen molar-refractivity contribution in [3.8, 4) is 44.8 Å². The predicted molar refractivity (Wildman–Crippen MR) is 346 cm³/mol. The van der Waals surface area contributed by atoms with E-state index in [4.69, 9.17) is 0 Å². The normalized spacial score (nSPS) is 14.5. The van der Waals surface area contributed by atoms with E-state index in [1.165, 1.54) is 142 Å². The molecule has 1 spiro atoms. The lowest BCUT2D eigenvalue weighted by molar-refractivity contribution is 0.771. The monoisotopic (exact) mass is 1060 g/mol. The Morgan fingerprint density at radius 1 is 0.402 bits per heavy atom. The maximum atomic E-state index is 2.57. The number of allylic oxidation sites excluding steroid dienone is 1. The summed E-state index contributed by atoms with van der Waals surface area (Å²) in [5.41, 5.74) is 25.6. The van der Waals surface area contributed by atoms with Crippen molar-refractivity contribution in [2.45, 2.75) is 24.7 Å². The summed E-state index contributed by atoms with van der Waals surface area (Å²) in [6.07, 6.45) is 5.72. The predicted octanol–water partition coefficient (Wildman–Crippen LogP) is 21.2. The van der Waals surface area contributed by atoms with Gasteiger partial charge >= 0.3 is 0 Å². The smallest absolute Gasteiger partial charge is 0.0746 e. The van der Waals surface area contributed by atoms with Gasteiger partial charge in [-0.15, -0.1) is 11.3 Å². The van der Waals surface area contributed by atoms with Crippen LogP contribution in [0, 0.1) is 0 Å². The van der Waals surface area contributed by atoms with Crippen LogP contribution >= 0.6 is 11.3 Å². The molecule has 3 heterocycles. The van der Waals surface area contributed by atoms with Crippen LogP contribution in [0.25, 0.3) is 115 Å². The molecule has 3 nitrogen and oxygen atoms in total. The van der Waals surface area contributed by atoms with Crippen LogP contribution in [0.4, 0.5) is 17.1 Å². The Morgan fingerprint density at radius 2 is 0.963 bits per heavy atom. The molecule has 18 rings (SSSR count). The number of fused-ring (bicyclic) bond motifs is 20. The molecule has 4 heteroatoms. The zero-order chi connectivity index (χ0) is 53.8. The second-order valence-corrected chi connectivity index (χ2v) is 23.8. The third-order valence-corrected chi connectivity index (χ3v) is 19.7. The van der Waals surface area contributed by atoms with Gasteiger partial charge in [0.25, 0.3) is 0 Å². The molecular formula is C78H51N3S. The van der Waals surface area contributed by atoms with Crippen molar-refractivity contribution >= 4 is 98.3 Å². The summed E-state index contributed by atoms with van der Waals surface area (Å²) in [4.78, 5) is 2.57. The van der Waals surface area contributed by atoms with Crippen LogP contribution in [0.3, 0.4) is 0 Å². The molecule has 15 aromatic rings. The van der Waals surface area contributed by atoms with E-state index in [9.17, 15) is 0 Å². The van der Waals surface area contributed by atoms with E-state index >= 15 is 0 Å². The fourth-order valence-electron chi connectivity index (χ4n) is 15.0. The fourth-order valence-corrected chi connectivity index (χ4v) is 16.2. The van der Waals surface area contributed by atoms with Crippen molar-refractivity contribution in [2.24, 2.45) is 0 Å². The molecule has 0 N–H and O–H groups in total. The van der Waals surface area contributed by atoms with Crippen LogP contribution < -0.4 is 4.90 Å². The second-order valence-electron chi connectivity index (χ2n) is 22.7. The summed E-state index contributed by atoms with van der Waals surface area (Å²) < 4.78 is 7.44. The summed E-state index contributed by atoms with van der Waals surface area (Å²) in [5, 5.41) is 7.54. The van der Waals surface area contributed by atoms with Crippen molar-refractivity contribution in [3.05, 3.63) is 300 Å². The molecule has 3 aliphatic carbocycles. The quantitative estimate of drug-likeness (QED) is 0.162. The van der Waals surface area contributed by atoms with E-state index in [1.54, 1.807) is 0 Å². The van der Waals surface area contributed by atoms with Gasteiger partial charge in [-0.25, -0.2) is 0 Å². The van der Waals surface area contributed by atoms with Gasteiger partial charge in [-0.3, -0.25) is 0 Å². The van der Waals surface area contributed by atoms with Gasteiger partial charge in [0.15, 0.2) is 0 Å². The molecule has 0 fully saturated rings. The van der Waals surface area contributed by atoms with E-state index in [-0.39, 0.29) is 0 Å². The Hall–Kier alpha value is -10.0. The summed E-state index contributed by atoms with van der Waals surface area (Å²) in [7, 11) is 0. The van der Waals surface area contributed by atoms with Gasteiger partial charge in [0.2, 0.25) is 0 Å². The third kappa shape index (κ3) is 6.30. The van der Waals surface area contributed by atoms with Crippen LogP contribution in [0.1, 0.15) is 52.6 Å². The topological polar surface area (TPSA) is 13.1 Å². The van der Waals surface area contributed by atoms with Gasteiger partial charge in [-0.05, 0) is 158 Å². The molecule has 0 bridgehead atoms. The molecule has 0 saturated carbocycles.